The minimum atomic E-state index is 0.514. The maximum Gasteiger partial charge on any atom is 0.194 e. The number of fused-ring (bicyclic) bond motifs is 1. The van der Waals surface area contributed by atoms with Crippen LogP contribution in [-0.2, 0) is 6.42 Å². The fourth-order valence-electron chi connectivity index (χ4n) is 1.48. The van der Waals surface area contributed by atoms with Gasteiger partial charge in [0.1, 0.15) is 0 Å². The van der Waals surface area contributed by atoms with Gasteiger partial charge in [-0.05, 0) is 25.8 Å². The van der Waals surface area contributed by atoms with Crippen LogP contribution in [0, 0.1) is 12.8 Å². The third kappa shape index (κ3) is 1.67. The van der Waals surface area contributed by atoms with E-state index in [1.807, 2.05) is 0 Å². The molecule has 0 spiro atoms. The molecule has 0 fully saturated rings. The zero-order valence-electron chi connectivity index (χ0n) is 8.53. The number of aryl methyl sites for hydroxylation is 1. The lowest BCUT2D eigenvalue weighted by Crippen LogP contribution is -2.13. The average Bonchev–Trinajstić information content (AvgIpc) is 2.69. The first-order valence-electron chi connectivity index (χ1n) is 4.83. The SMILES string of the molecule is Cc1csc2nc(CC(C)CN)cn12. The summed E-state index contributed by atoms with van der Waals surface area (Å²) in [6.45, 7) is 4.98. The number of aromatic nitrogens is 2. The van der Waals surface area contributed by atoms with E-state index < -0.39 is 0 Å². The maximum atomic E-state index is 5.59. The molecule has 0 saturated heterocycles. The molecule has 76 valence electrons. The Labute approximate surface area is 87.6 Å². The number of rotatable bonds is 3. The predicted octanol–water partition coefficient (Wildman–Crippen LogP) is 1.84. The van der Waals surface area contributed by atoms with Gasteiger partial charge in [0.25, 0.3) is 0 Å². The second-order valence-corrected chi connectivity index (χ2v) is 4.64. The lowest BCUT2D eigenvalue weighted by molar-refractivity contribution is 0.586. The molecule has 2 heterocycles. The van der Waals surface area contributed by atoms with Gasteiger partial charge in [-0.15, -0.1) is 11.3 Å². The van der Waals surface area contributed by atoms with Crippen LogP contribution in [0.4, 0.5) is 0 Å². The summed E-state index contributed by atoms with van der Waals surface area (Å²) < 4.78 is 2.14. The van der Waals surface area contributed by atoms with Gasteiger partial charge in [-0.1, -0.05) is 6.92 Å². The summed E-state index contributed by atoms with van der Waals surface area (Å²) in [7, 11) is 0. The summed E-state index contributed by atoms with van der Waals surface area (Å²) >= 11 is 1.69. The van der Waals surface area contributed by atoms with Crippen molar-refractivity contribution in [1.29, 1.82) is 0 Å². The molecule has 0 bridgehead atoms. The fraction of sp³-hybridized carbons (Fsp3) is 0.500. The van der Waals surface area contributed by atoms with Crippen molar-refractivity contribution in [3.05, 3.63) is 23.0 Å². The van der Waals surface area contributed by atoms with Crippen molar-refractivity contribution >= 4 is 16.3 Å². The van der Waals surface area contributed by atoms with Crippen LogP contribution >= 0.6 is 11.3 Å². The molecule has 2 rings (SSSR count). The molecule has 0 radical (unpaired) electrons. The lowest BCUT2D eigenvalue weighted by atomic mass is 10.1. The summed E-state index contributed by atoms with van der Waals surface area (Å²) in [5.74, 6) is 0.514. The number of hydrogen-bond donors (Lipinski definition) is 1. The number of nitrogens with zero attached hydrogens (tertiary/aromatic N) is 2. The summed E-state index contributed by atoms with van der Waals surface area (Å²) in [5, 5.41) is 2.12. The fourth-order valence-corrected chi connectivity index (χ4v) is 2.35. The topological polar surface area (TPSA) is 43.3 Å². The van der Waals surface area contributed by atoms with Crippen molar-refractivity contribution < 1.29 is 0 Å². The van der Waals surface area contributed by atoms with Crippen LogP contribution in [0.2, 0.25) is 0 Å². The van der Waals surface area contributed by atoms with E-state index in [0.29, 0.717) is 5.92 Å². The van der Waals surface area contributed by atoms with E-state index in [-0.39, 0.29) is 0 Å². The van der Waals surface area contributed by atoms with E-state index in [2.05, 4.69) is 34.8 Å². The van der Waals surface area contributed by atoms with Crippen LogP contribution in [0.25, 0.3) is 4.96 Å². The largest absolute Gasteiger partial charge is 0.330 e. The average molecular weight is 209 g/mol. The summed E-state index contributed by atoms with van der Waals surface area (Å²) in [4.78, 5) is 5.63. The number of thiazole rings is 1. The molecule has 2 aromatic rings. The normalized spacial score (nSPS) is 13.6. The minimum absolute atomic E-state index is 0.514. The van der Waals surface area contributed by atoms with E-state index in [9.17, 15) is 0 Å². The van der Waals surface area contributed by atoms with E-state index in [1.165, 1.54) is 5.69 Å². The van der Waals surface area contributed by atoms with Gasteiger partial charge < -0.3 is 5.73 Å². The zero-order valence-corrected chi connectivity index (χ0v) is 9.34. The standard InChI is InChI=1S/C10H15N3S/c1-7(4-11)3-9-5-13-8(2)6-14-10(13)12-9/h5-7H,3-4,11H2,1-2H3. The highest BCUT2D eigenvalue weighted by Crippen LogP contribution is 2.17. The quantitative estimate of drug-likeness (QED) is 0.838. The van der Waals surface area contributed by atoms with Crippen LogP contribution in [0.5, 0.6) is 0 Å². The number of nitrogens with two attached hydrogens (primary N) is 1. The Balaban J connectivity index is 2.27. The molecule has 0 amide bonds. The van der Waals surface area contributed by atoms with Crippen LogP contribution < -0.4 is 5.73 Å². The van der Waals surface area contributed by atoms with Gasteiger partial charge in [0.2, 0.25) is 0 Å². The summed E-state index contributed by atoms with van der Waals surface area (Å²) in [6.07, 6.45) is 3.09. The maximum absolute atomic E-state index is 5.59. The van der Waals surface area contributed by atoms with Crippen molar-refractivity contribution in [2.24, 2.45) is 11.7 Å². The lowest BCUT2D eigenvalue weighted by Gasteiger charge is -2.03. The molecule has 1 unspecified atom stereocenters. The third-order valence-corrected chi connectivity index (χ3v) is 3.36. The zero-order chi connectivity index (χ0) is 10.1. The van der Waals surface area contributed by atoms with Crippen molar-refractivity contribution in [2.45, 2.75) is 20.3 Å². The predicted molar refractivity (Wildman–Crippen MR) is 59.7 cm³/mol. The van der Waals surface area contributed by atoms with Gasteiger partial charge in [0.05, 0.1) is 5.69 Å². The Morgan fingerprint density at radius 1 is 1.64 bits per heavy atom. The van der Waals surface area contributed by atoms with E-state index in [0.717, 1.165) is 23.6 Å². The monoisotopic (exact) mass is 209 g/mol. The highest BCUT2D eigenvalue weighted by atomic mass is 32.1. The Kier molecular flexibility index (Phi) is 2.56. The number of hydrogen-bond acceptors (Lipinski definition) is 3. The van der Waals surface area contributed by atoms with Crippen molar-refractivity contribution in [3.63, 3.8) is 0 Å². The molecule has 0 saturated carbocycles. The summed E-state index contributed by atoms with van der Waals surface area (Å²) in [5.41, 5.74) is 7.99. The first kappa shape index (κ1) is 9.68. The van der Waals surface area contributed by atoms with Crippen molar-refractivity contribution in [3.8, 4) is 0 Å². The molecule has 1 atom stereocenters. The Morgan fingerprint density at radius 2 is 2.43 bits per heavy atom. The van der Waals surface area contributed by atoms with Gasteiger partial charge in [0, 0.05) is 17.3 Å². The highest BCUT2D eigenvalue weighted by molar-refractivity contribution is 7.15. The first-order chi connectivity index (χ1) is 6.70. The molecule has 4 heteroatoms. The van der Waals surface area contributed by atoms with Crippen LogP contribution in [-0.4, -0.2) is 15.9 Å². The van der Waals surface area contributed by atoms with Gasteiger partial charge in [-0.3, -0.25) is 4.40 Å². The third-order valence-electron chi connectivity index (χ3n) is 2.40. The Bertz CT molecular complexity index is 429. The molecular weight excluding hydrogens is 194 g/mol. The molecule has 14 heavy (non-hydrogen) atoms. The van der Waals surface area contributed by atoms with Crippen LogP contribution in [0.3, 0.4) is 0 Å². The van der Waals surface area contributed by atoms with Gasteiger partial charge >= 0.3 is 0 Å². The van der Waals surface area contributed by atoms with Crippen molar-refractivity contribution in [1.82, 2.24) is 9.38 Å². The number of imidazole rings is 1. The molecular formula is C10H15N3S. The van der Waals surface area contributed by atoms with E-state index in [1.54, 1.807) is 11.3 Å². The molecule has 0 aliphatic rings. The molecule has 0 aromatic carbocycles. The Hall–Kier alpha value is -0.870. The van der Waals surface area contributed by atoms with E-state index >= 15 is 0 Å². The van der Waals surface area contributed by atoms with E-state index in [4.69, 9.17) is 5.73 Å². The van der Waals surface area contributed by atoms with Crippen LogP contribution in [0.1, 0.15) is 18.3 Å². The van der Waals surface area contributed by atoms with Gasteiger partial charge in [-0.25, -0.2) is 4.98 Å². The van der Waals surface area contributed by atoms with Gasteiger partial charge in [-0.2, -0.15) is 0 Å². The minimum Gasteiger partial charge on any atom is -0.330 e. The smallest absolute Gasteiger partial charge is 0.194 e. The molecule has 2 N–H and O–H groups in total. The second-order valence-electron chi connectivity index (χ2n) is 3.81. The summed E-state index contributed by atoms with van der Waals surface area (Å²) in [6, 6.07) is 0. The van der Waals surface area contributed by atoms with Crippen molar-refractivity contribution in [2.75, 3.05) is 6.54 Å². The molecule has 3 nitrogen and oxygen atoms in total. The second kappa shape index (κ2) is 3.71. The molecule has 2 aromatic heterocycles. The molecule has 0 aliphatic carbocycles. The van der Waals surface area contributed by atoms with Crippen LogP contribution in [0.15, 0.2) is 11.6 Å². The van der Waals surface area contributed by atoms with Gasteiger partial charge in [0.15, 0.2) is 4.96 Å². The highest BCUT2D eigenvalue weighted by Gasteiger charge is 2.07. The molecule has 0 aliphatic heterocycles. The first-order valence-corrected chi connectivity index (χ1v) is 5.71. The Morgan fingerprint density at radius 3 is 3.07 bits per heavy atom.